The predicted octanol–water partition coefficient (Wildman–Crippen LogP) is 6.88. The molecular weight excluding hydrogens is 344 g/mol. The minimum Gasteiger partial charge on any atom is -0.491 e. The third kappa shape index (κ3) is 3.80. The van der Waals surface area contributed by atoms with Crippen molar-refractivity contribution in [1.82, 2.24) is 9.55 Å². The van der Waals surface area contributed by atoms with E-state index in [-0.39, 0.29) is 6.10 Å². The topological polar surface area (TPSA) is 27.1 Å². The van der Waals surface area contributed by atoms with Crippen LogP contribution in [-0.2, 0) is 0 Å². The van der Waals surface area contributed by atoms with Crippen LogP contribution in [0.4, 0.5) is 0 Å². The minimum absolute atomic E-state index is 0.187. The molecule has 1 saturated carbocycles. The van der Waals surface area contributed by atoms with Crippen molar-refractivity contribution in [2.75, 3.05) is 0 Å². The molecule has 2 unspecified atom stereocenters. The van der Waals surface area contributed by atoms with Gasteiger partial charge in [-0.2, -0.15) is 0 Å². The number of fused-ring (bicyclic) bond motifs is 1. The van der Waals surface area contributed by atoms with Crippen LogP contribution in [-0.4, -0.2) is 15.7 Å². The summed E-state index contributed by atoms with van der Waals surface area (Å²) in [6.45, 7) is 11.3. The predicted molar refractivity (Wildman–Crippen MR) is 117 cm³/mol. The van der Waals surface area contributed by atoms with Gasteiger partial charge in [0.15, 0.2) is 0 Å². The molecule has 1 aliphatic rings. The summed E-state index contributed by atoms with van der Waals surface area (Å²) in [5.74, 6) is 1.66. The van der Waals surface area contributed by atoms with Crippen molar-refractivity contribution in [2.24, 2.45) is 11.3 Å². The van der Waals surface area contributed by atoms with E-state index >= 15 is 0 Å². The number of nitrogens with zero attached hydrogens (tertiary/aromatic N) is 2. The maximum Gasteiger partial charge on any atom is 0.119 e. The molecule has 0 aliphatic heterocycles. The smallest absolute Gasteiger partial charge is 0.119 e. The van der Waals surface area contributed by atoms with Gasteiger partial charge in [0.25, 0.3) is 0 Å². The molecule has 0 saturated heterocycles. The van der Waals surface area contributed by atoms with Gasteiger partial charge >= 0.3 is 0 Å². The Hall–Kier alpha value is -2.29. The summed E-state index contributed by atoms with van der Waals surface area (Å²) in [5.41, 5.74) is 5.11. The summed E-state index contributed by atoms with van der Waals surface area (Å²) < 4.78 is 8.21. The molecule has 0 spiro atoms. The zero-order valence-corrected chi connectivity index (χ0v) is 17.8. The Morgan fingerprint density at radius 1 is 1.07 bits per heavy atom. The van der Waals surface area contributed by atoms with E-state index in [9.17, 15) is 0 Å². The van der Waals surface area contributed by atoms with Crippen molar-refractivity contribution >= 4 is 11.0 Å². The third-order valence-electron chi connectivity index (χ3n) is 5.90. The fraction of sp³-hybridized carbons (Fsp3) is 0.480. The van der Waals surface area contributed by atoms with Gasteiger partial charge in [0.2, 0.25) is 0 Å². The molecule has 0 amide bonds. The van der Waals surface area contributed by atoms with Crippen LogP contribution in [0, 0.1) is 11.3 Å². The molecule has 3 heteroatoms. The molecule has 2 atom stereocenters. The second-order valence-corrected chi connectivity index (χ2v) is 9.58. The molecule has 1 heterocycles. The highest BCUT2D eigenvalue weighted by Gasteiger charge is 2.33. The van der Waals surface area contributed by atoms with E-state index in [1.54, 1.807) is 0 Å². The zero-order valence-electron chi connectivity index (χ0n) is 17.8. The van der Waals surface area contributed by atoms with Gasteiger partial charge in [-0.05, 0) is 68.2 Å². The first kappa shape index (κ1) is 19.0. The van der Waals surface area contributed by atoms with Crippen molar-refractivity contribution in [1.29, 1.82) is 0 Å². The van der Waals surface area contributed by atoms with Crippen molar-refractivity contribution in [3.63, 3.8) is 0 Å². The molecule has 0 N–H and O–H groups in total. The van der Waals surface area contributed by atoms with Crippen molar-refractivity contribution in [3.8, 4) is 16.9 Å². The molecule has 2 aromatic carbocycles. The highest BCUT2D eigenvalue weighted by molar-refractivity contribution is 5.92. The van der Waals surface area contributed by atoms with Gasteiger partial charge in [0, 0.05) is 11.6 Å². The van der Waals surface area contributed by atoms with Gasteiger partial charge in [0.05, 0.1) is 23.5 Å². The number of ether oxygens (including phenoxy) is 1. The van der Waals surface area contributed by atoms with Crippen LogP contribution in [0.15, 0.2) is 48.8 Å². The number of hydrogen-bond donors (Lipinski definition) is 0. The Morgan fingerprint density at radius 3 is 2.50 bits per heavy atom. The van der Waals surface area contributed by atoms with E-state index in [2.05, 4.69) is 88.0 Å². The molecule has 0 bridgehead atoms. The first-order chi connectivity index (χ1) is 13.3. The number of hydrogen-bond acceptors (Lipinski definition) is 2. The zero-order chi connectivity index (χ0) is 19.9. The lowest BCUT2D eigenvalue weighted by Gasteiger charge is -2.39. The van der Waals surface area contributed by atoms with Crippen molar-refractivity contribution in [2.45, 2.75) is 66.0 Å². The molecule has 3 aromatic rings. The van der Waals surface area contributed by atoms with Gasteiger partial charge in [-0.1, -0.05) is 45.0 Å². The molecule has 1 fully saturated rings. The van der Waals surface area contributed by atoms with Crippen LogP contribution in [0.5, 0.6) is 5.75 Å². The van der Waals surface area contributed by atoms with E-state index in [1.807, 2.05) is 0 Å². The van der Waals surface area contributed by atoms with Crippen LogP contribution >= 0.6 is 0 Å². The summed E-state index contributed by atoms with van der Waals surface area (Å²) in [6, 6.07) is 15.5. The van der Waals surface area contributed by atoms with Gasteiger partial charge in [-0.15, -0.1) is 0 Å². The summed E-state index contributed by atoms with van der Waals surface area (Å²) in [6.07, 6.45) is 6.01. The van der Waals surface area contributed by atoms with Gasteiger partial charge in [-0.25, -0.2) is 4.98 Å². The second kappa shape index (κ2) is 7.27. The highest BCUT2D eigenvalue weighted by Crippen LogP contribution is 2.45. The molecule has 1 aromatic heterocycles. The molecule has 148 valence electrons. The third-order valence-corrected chi connectivity index (χ3v) is 5.90. The van der Waals surface area contributed by atoms with Crippen LogP contribution in [0.25, 0.3) is 22.2 Å². The summed E-state index contributed by atoms with van der Waals surface area (Å²) in [4.78, 5) is 4.85. The Morgan fingerprint density at radius 2 is 1.82 bits per heavy atom. The first-order valence-corrected chi connectivity index (χ1v) is 10.5. The van der Waals surface area contributed by atoms with E-state index in [0.29, 0.717) is 11.5 Å². The number of aromatic nitrogens is 2. The Bertz CT molecular complexity index is 952. The molecular formula is C25H32N2O. The fourth-order valence-electron chi connectivity index (χ4n) is 5.07. The number of benzene rings is 2. The Kier molecular flexibility index (Phi) is 4.95. The molecule has 3 nitrogen and oxygen atoms in total. The highest BCUT2D eigenvalue weighted by atomic mass is 16.5. The molecule has 4 rings (SSSR count). The number of imidazole rings is 1. The Balaban J connectivity index is 1.69. The normalized spacial score (nSPS) is 21.9. The summed E-state index contributed by atoms with van der Waals surface area (Å²) >= 11 is 0. The lowest BCUT2D eigenvalue weighted by molar-refractivity contribution is 0.139. The van der Waals surface area contributed by atoms with E-state index in [1.165, 1.54) is 35.9 Å². The van der Waals surface area contributed by atoms with Crippen LogP contribution in [0.1, 0.15) is 59.9 Å². The van der Waals surface area contributed by atoms with Crippen LogP contribution in [0.2, 0.25) is 0 Å². The number of rotatable bonds is 4. The van der Waals surface area contributed by atoms with Crippen molar-refractivity contribution < 1.29 is 4.74 Å². The lowest BCUT2D eigenvalue weighted by atomic mass is 9.70. The average Bonchev–Trinajstić information content (AvgIpc) is 3.04. The average molecular weight is 377 g/mol. The number of para-hydroxylation sites is 1. The van der Waals surface area contributed by atoms with E-state index < -0.39 is 0 Å². The Labute approximate surface area is 168 Å². The maximum atomic E-state index is 5.79. The largest absolute Gasteiger partial charge is 0.491 e. The fourth-order valence-corrected chi connectivity index (χ4v) is 5.07. The van der Waals surface area contributed by atoms with Gasteiger partial charge in [-0.3, -0.25) is 0 Å². The molecule has 1 aliphatic carbocycles. The lowest BCUT2D eigenvalue weighted by Crippen LogP contribution is -2.29. The van der Waals surface area contributed by atoms with Crippen molar-refractivity contribution in [3.05, 3.63) is 48.8 Å². The van der Waals surface area contributed by atoms with Crippen LogP contribution in [0.3, 0.4) is 0 Å². The standard InChI is InChI=1S/C25H32N2O/c1-17(2)28-21-11-9-19(10-12-21)22-7-6-8-23-24(22)26-16-27(23)20-13-18(3)14-25(4,5)15-20/h6-12,16-18,20H,13-15H2,1-5H3. The quantitative estimate of drug-likeness (QED) is 0.496. The monoisotopic (exact) mass is 376 g/mol. The maximum absolute atomic E-state index is 5.79. The van der Waals surface area contributed by atoms with Crippen LogP contribution < -0.4 is 4.74 Å². The van der Waals surface area contributed by atoms with E-state index in [0.717, 1.165) is 17.2 Å². The minimum atomic E-state index is 0.187. The van der Waals surface area contributed by atoms with E-state index in [4.69, 9.17) is 9.72 Å². The first-order valence-electron chi connectivity index (χ1n) is 10.5. The second-order valence-electron chi connectivity index (χ2n) is 9.58. The van der Waals surface area contributed by atoms with Gasteiger partial charge in [0.1, 0.15) is 5.75 Å². The molecule has 0 radical (unpaired) electrons. The summed E-state index contributed by atoms with van der Waals surface area (Å²) in [5, 5.41) is 0. The molecule has 28 heavy (non-hydrogen) atoms. The SMILES string of the molecule is CC1CC(n2cnc3c(-c4ccc(OC(C)C)cc4)cccc32)CC(C)(C)C1. The summed E-state index contributed by atoms with van der Waals surface area (Å²) in [7, 11) is 0. The van der Waals surface area contributed by atoms with Gasteiger partial charge < -0.3 is 9.30 Å².